The molecular formula is C8H18N2O2S. The molecule has 1 rings (SSSR count). The van der Waals surface area contributed by atoms with E-state index in [2.05, 4.69) is 17.0 Å². The van der Waals surface area contributed by atoms with E-state index in [0.29, 0.717) is 6.54 Å². The predicted octanol–water partition coefficient (Wildman–Crippen LogP) is -0.0747. The highest BCUT2D eigenvalue weighted by Crippen LogP contribution is 2.26. The summed E-state index contributed by atoms with van der Waals surface area (Å²) in [6, 6.07) is 0. The molecule has 5 heteroatoms. The van der Waals surface area contributed by atoms with E-state index in [4.69, 9.17) is 0 Å². The number of sulfonamides is 1. The summed E-state index contributed by atoms with van der Waals surface area (Å²) >= 11 is 0. The second-order valence-electron chi connectivity index (χ2n) is 4.15. The van der Waals surface area contributed by atoms with E-state index in [9.17, 15) is 8.42 Å². The fourth-order valence-corrected chi connectivity index (χ4v) is 2.12. The second-order valence-corrected chi connectivity index (χ2v) is 5.99. The molecule has 4 nitrogen and oxygen atoms in total. The lowest BCUT2D eigenvalue weighted by Crippen LogP contribution is -2.42. The van der Waals surface area contributed by atoms with Crippen LogP contribution in [0, 0.1) is 5.41 Å². The molecule has 1 aliphatic rings. The first-order valence-electron chi connectivity index (χ1n) is 4.57. The average molecular weight is 206 g/mol. The largest absolute Gasteiger partial charge is 0.317 e. The Morgan fingerprint density at radius 3 is 2.38 bits per heavy atom. The quantitative estimate of drug-likeness (QED) is 0.679. The predicted molar refractivity (Wildman–Crippen MR) is 53.1 cm³/mol. The third-order valence-corrected chi connectivity index (χ3v) is 3.24. The van der Waals surface area contributed by atoms with Crippen molar-refractivity contribution in [3.05, 3.63) is 0 Å². The van der Waals surface area contributed by atoms with Gasteiger partial charge in [0.25, 0.3) is 0 Å². The van der Waals surface area contributed by atoms with Gasteiger partial charge in [0.1, 0.15) is 0 Å². The van der Waals surface area contributed by atoms with Crippen molar-refractivity contribution in [2.24, 2.45) is 5.41 Å². The van der Waals surface area contributed by atoms with Crippen LogP contribution >= 0.6 is 0 Å². The van der Waals surface area contributed by atoms with E-state index in [1.54, 1.807) is 0 Å². The SMILES string of the molecule is CC1(CNS(C)(=O)=O)CCNCC1. The zero-order valence-corrected chi connectivity index (χ0v) is 9.08. The molecule has 0 unspecified atom stereocenters. The summed E-state index contributed by atoms with van der Waals surface area (Å²) in [5.41, 5.74) is 0.133. The van der Waals surface area contributed by atoms with Gasteiger partial charge in [0.05, 0.1) is 6.26 Å². The maximum absolute atomic E-state index is 10.9. The fraction of sp³-hybridized carbons (Fsp3) is 1.00. The van der Waals surface area contributed by atoms with Gasteiger partial charge >= 0.3 is 0 Å². The minimum atomic E-state index is -3.03. The van der Waals surface area contributed by atoms with Gasteiger partial charge in [-0.3, -0.25) is 0 Å². The fourth-order valence-electron chi connectivity index (χ4n) is 1.51. The van der Waals surface area contributed by atoms with Gasteiger partial charge in [-0.25, -0.2) is 13.1 Å². The molecule has 1 aliphatic heterocycles. The molecule has 0 aromatic heterocycles. The summed E-state index contributed by atoms with van der Waals surface area (Å²) < 4.78 is 24.4. The standard InChI is InChI=1S/C8H18N2O2S/c1-8(3-5-9-6-4-8)7-10-13(2,11)12/h9-10H,3-7H2,1-2H3. The smallest absolute Gasteiger partial charge is 0.208 e. The zero-order valence-electron chi connectivity index (χ0n) is 8.26. The Morgan fingerprint density at radius 2 is 1.92 bits per heavy atom. The van der Waals surface area contributed by atoms with Gasteiger partial charge in [0.2, 0.25) is 10.0 Å². The lowest BCUT2D eigenvalue weighted by molar-refractivity contribution is 0.232. The van der Waals surface area contributed by atoms with Gasteiger partial charge in [-0.15, -0.1) is 0 Å². The topological polar surface area (TPSA) is 58.2 Å². The first kappa shape index (κ1) is 10.9. The van der Waals surface area contributed by atoms with Crippen molar-refractivity contribution in [1.82, 2.24) is 10.0 Å². The van der Waals surface area contributed by atoms with Crippen LogP contribution in [0.5, 0.6) is 0 Å². The molecule has 0 bridgehead atoms. The molecule has 0 atom stereocenters. The summed E-state index contributed by atoms with van der Waals surface area (Å²) in [6.45, 7) is 4.67. The van der Waals surface area contributed by atoms with Crippen LogP contribution in [0.2, 0.25) is 0 Å². The third kappa shape index (κ3) is 4.06. The highest BCUT2D eigenvalue weighted by molar-refractivity contribution is 7.88. The highest BCUT2D eigenvalue weighted by Gasteiger charge is 2.27. The lowest BCUT2D eigenvalue weighted by atomic mass is 9.81. The summed E-state index contributed by atoms with van der Waals surface area (Å²) in [6.07, 6.45) is 3.28. The molecule has 13 heavy (non-hydrogen) atoms. The third-order valence-electron chi connectivity index (χ3n) is 2.57. The van der Waals surface area contributed by atoms with E-state index < -0.39 is 10.0 Å². The van der Waals surface area contributed by atoms with E-state index in [1.165, 1.54) is 6.26 Å². The Kier molecular flexibility index (Phi) is 3.32. The summed E-state index contributed by atoms with van der Waals surface area (Å²) in [4.78, 5) is 0. The van der Waals surface area contributed by atoms with Crippen LogP contribution in [0.1, 0.15) is 19.8 Å². The minimum absolute atomic E-state index is 0.133. The first-order valence-corrected chi connectivity index (χ1v) is 6.46. The molecule has 78 valence electrons. The molecule has 0 aromatic carbocycles. The van der Waals surface area contributed by atoms with Crippen molar-refractivity contribution in [2.45, 2.75) is 19.8 Å². The summed E-state index contributed by atoms with van der Waals surface area (Å²) in [7, 11) is -3.03. The molecule has 0 aliphatic carbocycles. The Bertz CT molecular complexity index is 255. The molecule has 0 amide bonds. The van der Waals surface area contributed by atoms with Gasteiger partial charge in [0, 0.05) is 6.54 Å². The molecule has 0 radical (unpaired) electrons. The van der Waals surface area contributed by atoms with Gasteiger partial charge in [-0.1, -0.05) is 6.92 Å². The van der Waals surface area contributed by atoms with Crippen LogP contribution in [-0.2, 0) is 10.0 Å². The summed E-state index contributed by atoms with van der Waals surface area (Å²) in [5, 5.41) is 3.26. The zero-order chi connectivity index (χ0) is 9.95. The molecular weight excluding hydrogens is 188 g/mol. The monoisotopic (exact) mass is 206 g/mol. The Labute approximate surface area is 80.1 Å². The summed E-state index contributed by atoms with van der Waals surface area (Å²) in [5.74, 6) is 0. The van der Waals surface area contributed by atoms with Crippen LogP contribution in [0.25, 0.3) is 0 Å². The number of piperidine rings is 1. The number of rotatable bonds is 3. The van der Waals surface area contributed by atoms with E-state index in [0.717, 1.165) is 25.9 Å². The first-order chi connectivity index (χ1) is 5.91. The molecule has 2 N–H and O–H groups in total. The van der Waals surface area contributed by atoms with Crippen LogP contribution in [0.4, 0.5) is 0 Å². The molecule has 0 spiro atoms. The van der Waals surface area contributed by atoms with E-state index in [1.807, 2.05) is 0 Å². The molecule has 1 fully saturated rings. The van der Waals surface area contributed by atoms with E-state index >= 15 is 0 Å². The van der Waals surface area contributed by atoms with Crippen LogP contribution < -0.4 is 10.0 Å². The normalized spacial score (nSPS) is 22.9. The Morgan fingerprint density at radius 1 is 1.38 bits per heavy atom. The van der Waals surface area contributed by atoms with E-state index in [-0.39, 0.29) is 5.41 Å². The van der Waals surface area contributed by atoms with Gasteiger partial charge < -0.3 is 5.32 Å². The van der Waals surface area contributed by atoms with Crippen LogP contribution in [0.15, 0.2) is 0 Å². The van der Waals surface area contributed by atoms with Crippen molar-refractivity contribution in [3.8, 4) is 0 Å². The lowest BCUT2D eigenvalue weighted by Gasteiger charge is -2.33. The number of hydrogen-bond acceptors (Lipinski definition) is 3. The van der Waals surface area contributed by atoms with Gasteiger partial charge in [-0.05, 0) is 31.3 Å². The number of hydrogen-bond donors (Lipinski definition) is 2. The van der Waals surface area contributed by atoms with Crippen molar-refractivity contribution in [2.75, 3.05) is 25.9 Å². The molecule has 0 aromatic rings. The number of nitrogens with one attached hydrogen (secondary N) is 2. The average Bonchev–Trinajstić information content (AvgIpc) is 2.02. The Balaban J connectivity index is 2.42. The van der Waals surface area contributed by atoms with Gasteiger partial charge in [-0.2, -0.15) is 0 Å². The maximum Gasteiger partial charge on any atom is 0.208 e. The van der Waals surface area contributed by atoms with Crippen molar-refractivity contribution in [1.29, 1.82) is 0 Å². The maximum atomic E-state index is 10.9. The van der Waals surface area contributed by atoms with Crippen LogP contribution in [0.3, 0.4) is 0 Å². The molecule has 1 saturated heterocycles. The van der Waals surface area contributed by atoms with Crippen molar-refractivity contribution >= 4 is 10.0 Å². The second kappa shape index (κ2) is 3.94. The van der Waals surface area contributed by atoms with Crippen molar-refractivity contribution < 1.29 is 8.42 Å². The molecule has 0 saturated carbocycles. The Hall–Kier alpha value is -0.130. The van der Waals surface area contributed by atoms with Crippen molar-refractivity contribution in [3.63, 3.8) is 0 Å². The highest BCUT2D eigenvalue weighted by atomic mass is 32.2. The van der Waals surface area contributed by atoms with Crippen LogP contribution in [-0.4, -0.2) is 34.3 Å². The minimum Gasteiger partial charge on any atom is -0.317 e. The van der Waals surface area contributed by atoms with Gasteiger partial charge in [0.15, 0.2) is 0 Å². The molecule has 1 heterocycles.